The molecular weight excluding hydrogens is 259 g/mol. The Bertz CT molecular complexity index is 415. The summed E-state index contributed by atoms with van der Waals surface area (Å²) in [6.45, 7) is 3.15. The molecule has 0 amide bonds. The molecule has 0 bridgehead atoms. The van der Waals surface area contributed by atoms with Crippen molar-refractivity contribution in [3.63, 3.8) is 0 Å². The number of hydrogen-bond donors (Lipinski definition) is 2. The number of halogens is 3. The molecule has 98 valence electrons. The molecule has 0 atom stereocenters. The summed E-state index contributed by atoms with van der Waals surface area (Å²) in [4.78, 5) is 0. The Morgan fingerprint density at radius 2 is 1.53 bits per heavy atom. The number of thiol groups is 1. The van der Waals surface area contributed by atoms with E-state index in [1.165, 1.54) is 0 Å². The van der Waals surface area contributed by atoms with Crippen molar-refractivity contribution in [3.05, 3.63) is 29.3 Å². The van der Waals surface area contributed by atoms with Crippen LogP contribution in [0.2, 0.25) is 0 Å². The van der Waals surface area contributed by atoms with Crippen LogP contribution in [0, 0.1) is 13.8 Å². The summed E-state index contributed by atoms with van der Waals surface area (Å²) in [7, 11) is -2.62. The number of benzene rings is 1. The number of aryl methyl sites for hydroxylation is 2. The Kier molecular flexibility index (Phi) is 5.97. The molecule has 1 rings (SSSR count). The van der Waals surface area contributed by atoms with Gasteiger partial charge in [-0.3, -0.25) is 0 Å². The number of hydrogen-bond acceptors (Lipinski definition) is 3. The zero-order valence-electron chi connectivity index (χ0n) is 9.12. The standard InChI is InChI=1S/C9H9F3O.H3NO2S/c1-6-4-3-5-7(2)8(6)13-9(10,11)12;1-4(2)3/h3-5H,1-2H3;4H,(H2,1,2,3). The van der Waals surface area contributed by atoms with Crippen LogP contribution in [0.3, 0.4) is 0 Å². The van der Waals surface area contributed by atoms with E-state index in [0.29, 0.717) is 11.1 Å². The average molecular weight is 271 g/mol. The molecule has 0 heterocycles. The van der Waals surface area contributed by atoms with Crippen molar-refractivity contribution in [1.29, 1.82) is 0 Å². The fourth-order valence-electron chi connectivity index (χ4n) is 1.08. The molecule has 8 heteroatoms. The molecule has 4 nitrogen and oxygen atoms in total. The molecule has 0 radical (unpaired) electrons. The first-order valence-electron chi connectivity index (χ1n) is 4.34. The second kappa shape index (κ2) is 6.45. The molecule has 0 aliphatic carbocycles. The van der Waals surface area contributed by atoms with Gasteiger partial charge >= 0.3 is 6.36 Å². The SMILES string of the molecule is Cc1cccc(C)c1OC(F)(F)F.N[SH](=O)=O. The van der Waals surface area contributed by atoms with Crippen molar-refractivity contribution >= 4 is 10.9 Å². The van der Waals surface area contributed by atoms with Crippen LogP contribution in [0.5, 0.6) is 5.75 Å². The van der Waals surface area contributed by atoms with Gasteiger partial charge in [0.05, 0.1) is 0 Å². The molecule has 0 saturated heterocycles. The first-order chi connectivity index (χ1) is 7.63. The van der Waals surface area contributed by atoms with Crippen LogP contribution < -0.4 is 9.88 Å². The molecule has 1 aromatic rings. The van der Waals surface area contributed by atoms with Gasteiger partial charge in [0.1, 0.15) is 5.75 Å². The van der Waals surface area contributed by atoms with Crippen LogP contribution in [0.25, 0.3) is 0 Å². The van der Waals surface area contributed by atoms with Crippen LogP contribution in [-0.2, 0) is 10.9 Å². The van der Waals surface area contributed by atoms with E-state index in [1.807, 2.05) is 0 Å². The molecule has 0 spiro atoms. The minimum atomic E-state index is -4.61. The Morgan fingerprint density at radius 3 is 1.82 bits per heavy atom. The van der Waals surface area contributed by atoms with E-state index < -0.39 is 17.3 Å². The van der Waals surface area contributed by atoms with E-state index in [-0.39, 0.29) is 5.75 Å². The molecule has 2 N–H and O–H groups in total. The number of nitrogens with two attached hydrogens (primary N) is 1. The average Bonchev–Trinajstić information content (AvgIpc) is 2.09. The maximum absolute atomic E-state index is 11.9. The summed E-state index contributed by atoms with van der Waals surface area (Å²) in [6, 6.07) is 4.84. The quantitative estimate of drug-likeness (QED) is 0.763. The van der Waals surface area contributed by atoms with Gasteiger partial charge in [-0.1, -0.05) is 18.2 Å². The van der Waals surface area contributed by atoms with Gasteiger partial charge in [0.15, 0.2) is 10.9 Å². The lowest BCUT2D eigenvalue weighted by Gasteiger charge is -2.13. The second-order valence-corrected chi connectivity index (χ2v) is 3.62. The molecule has 1 aromatic carbocycles. The lowest BCUT2D eigenvalue weighted by atomic mass is 10.1. The van der Waals surface area contributed by atoms with Crippen molar-refractivity contribution in [3.8, 4) is 5.75 Å². The molecule has 0 aromatic heterocycles. The number of alkyl halides is 3. The predicted molar refractivity (Wildman–Crippen MR) is 57.1 cm³/mol. The highest BCUT2D eigenvalue weighted by atomic mass is 32.2. The van der Waals surface area contributed by atoms with E-state index in [0.717, 1.165) is 0 Å². The van der Waals surface area contributed by atoms with Gasteiger partial charge < -0.3 is 4.74 Å². The third-order valence-electron chi connectivity index (χ3n) is 1.63. The maximum atomic E-state index is 11.9. The van der Waals surface area contributed by atoms with Gasteiger partial charge in [-0.2, -0.15) is 0 Å². The van der Waals surface area contributed by atoms with Crippen LogP contribution in [0.4, 0.5) is 13.2 Å². The molecule has 0 aliphatic heterocycles. The molecular formula is C9H12F3NO3S. The number of ether oxygens (including phenoxy) is 1. The fourth-order valence-corrected chi connectivity index (χ4v) is 1.08. The smallest absolute Gasteiger partial charge is 0.405 e. The van der Waals surface area contributed by atoms with Gasteiger partial charge in [-0.25, -0.2) is 13.6 Å². The minimum Gasteiger partial charge on any atom is -0.405 e. The highest BCUT2D eigenvalue weighted by Crippen LogP contribution is 2.28. The normalized spacial score (nSPS) is 10.8. The van der Waals surface area contributed by atoms with E-state index in [2.05, 4.69) is 9.88 Å². The summed E-state index contributed by atoms with van der Waals surface area (Å²) in [5, 5.41) is 4.06. The number of rotatable bonds is 1. The zero-order valence-corrected chi connectivity index (χ0v) is 10.0. The van der Waals surface area contributed by atoms with E-state index >= 15 is 0 Å². The summed E-state index contributed by atoms with van der Waals surface area (Å²) < 4.78 is 57.1. The molecule has 0 aliphatic rings. The van der Waals surface area contributed by atoms with Crippen LogP contribution in [-0.4, -0.2) is 14.8 Å². The van der Waals surface area contributed by atoms with Crippen LogP contribution in [0.1, 0.15) is 11.1 Å². The summed E-state index contributed by atoms with van der Waals surface area (Å²) >= 11 is 0. The summed E-state index contributed by atoms with van der Waals surface area (Å²) in [6.07, 6.45) is -4.61. The molecule has 0 saturated carbocycles. The zero-order chi connectivity index (χ0) is 13.6. The van der Waals surface area contributed by atoms with Crippen molar-refractivity contribution in [1.82, 2.24) is 0 Å². The second-order valence-electron chi connectivity index (χ2n) is 3.05. The Morgan fingerprint density at radius 1 is 1.18 bits per heavy atom. The highest BCUT2D eigenvalue weighted by molar-refractivity contribution is 7.69. The first-order valence-corrected chi connectivity index (χ1v) is 5.59. The molecule has 17 heavy (non-hydrogen) atoms. The van der Waals surface area contributed by atoms with E-state index in [1.54, 1.807) is 32.0 Å². The van der Waals surface area contributed by atoms with Crippen molar-refractivity contribution in [2.75, 3.05) is 0 Å². The van der Waals surface area contributed by atoms with Crippen LogP contribution >= 0.6 is 0 Å². The van der Waals surface area contributed by atoms with Crippen molar-refractivity contribution in [2.24, 2.45) is 5.14 Å². The Balaban J connectivity index is 0.000000557. The largest absolute Gasteiger partial charge is 0.573 e. The monoisotopic (exact) mass is 271 g/mol. The summed E-state index contributed by atoms with van der Waals surface area (Å²) in [5.74, 6) is -0.102. The lowest BCUT2D eigenvalue weighted by molar-refractivity contribution is -0.275. The van der Waals surface area contributed by atoms with Gasteiger partial charge in [-0.15, -0.1) is 13.2 Å². The van der Waals surface area contributed by atoms with Gasteiger partial charge in [0.25, 0.3) is 0 Å². The van der Waals surface area contributed by atoms with E-state index in [9.17, 15) is 13.2 Å². The minimum absolute atomic E-state index is 0.102. The fraction of sp³-hybridized carbons (Fsp3) is 0.333. The van der Waals surface area contributed by atoms with Crippen molar-refractivity contribution < 1.29 is 26.3 Å². The molecule has 0 fully saturated rings. The molecule has 0 unspecified atom stereocenters. The third kappa shape index (κ3) is 7.58. The predicted octanol–water partition coefficient (Wildman–Crippen LogP) is 1.67. The first kappa shape index (κ1) is 15.7. The van der Waals surface area contributed by atoms with Crippen molar-refractivity contribution in [2.45, 2.75) is 20.2 Å². The van der Waals surface area contributed by atoms with Gasteiger partial charge in [0, 0.05) is 0 Å². The lowest BCUT2D eigenvalue weighted by Crippen LogP contribution is -2.18. The van der Waals surface area contributed by atoms with Crippen LogP contribution in [0.15, 0.2) is 18.2 Å². The third-order valence-corrected chi connectivity index (χ3v) is 1.63. The van der Waals surface area contributed by atoms with Gasteiger partial charge in [0.2, 0.25) is 0 Å². The Hall–Kier alpha value is -1.28. The van der Waals surface area contributed by atoms with E-state index in [4.69, 9.17) is 8.42 Å². The highest BCUT2D eigenvalue weighted by Gasteiger charge is 2.32. The summed E-state index contributed by atoms with van der Waals surface area (Å²) in [5.41, 5.74) is 0.967. The van der Waals surface area contributed by atoms with Gasteiger partial charge in [-0.05, 0) is 25.0 Å². The number of para-hydroxylation sites is 1. The Labute approximate surface area is 98.3 Å². The maximum Gasteiger partial charge on any atom is 0.573 e. The topological polar surface area (TPSA) is 69.4 Å².